The molecular formula is C16H18N2O3S2. The summed E-state index contributed by atoms with van der Waals surface area (Å²) in [5.41, 5.74) is 1.88. The van der Waals surface area contributed by atoms with Crippen LogP contribution in [0.4, 0.5) is 0 Å². The lowest BCUT2D eigenvalue weighted by Gasteiger charge is -2.18. The molecule has 1 aliphatic rings. The summed E-state index contributed by atoms with van der Waals surface area (Å²) < 4.78 is 27.4. The third-order valence-corrected chi connectivity index (χ3v) is 6.66. The molecule has 0 spiro atoms. The fraction of sp³-hybridized carbons (Fsp3) is 0.312. The molecule has 7 heteroatoms. The monoisotopic (exact) mass is 350 g/mol. The van der Waals surface area contributed by atoms with Gasteiger partial charge in [0.1, 0.15) is 4.21 Å². The molecule has 0 aliphatic carbocycles. The first-order valence-electron chi connectivity index (χ1n) is 7.44. The molecule has 1 saturated heterocycles. The van der Waals surface area contributed by atoms with Crippen LogP contribution in [0, 0.1) is 0 Å². The van der Waals surface area contributed by atoms with Gasteiger partial charge in [-0.2, -0.15) is 0 Å². The molecule has 0 radical (unpaired) electrons. The van der Waals surface area contributed by atoms with Crippen molar-refractivity contribution < 1.29 is 13.2 Å². The van der Waals surface area contributed by atoms with E-state index in [0.29, 0.717) is 17.2 Å². The largest absolute Gasteiger partial charge is 0.338 e. The molecule has 23 heavy (non-hydrogen) atoms. The average molecular weight is 350 g/mol. The van der Waals surface area contributed by atoms with Crippen LogP contribution in [0.15, 0.2) is 46.0 Å². The number of amides is 1. The van der Waals surface area contributed by atoms with E-state index in [1.807, 2.05) is 29.2 Å². The van der Waals surface area contributed by atoms with Crippen molar-refractivity contribution in [2.45, 2.75) is 30.1 Å². The first-order chi connectivity index (χ1) is 11.1. The lowest BCUT2D eigenvalue weighted by atomic mass is 10.1. The van der Waals surface area contributed by atoms with Crippen molar-refractivity contribution in [3.8, 4) is 0 Å². The summed E-state index contributed by atoms with van der Waals surface area (Å²) in [7, 11) is -3.48. The molecule has 0 bridgehead atoms. The number of hydrogen-bond acceptors (Lipinski definition) is 4. The number of rotatable bonds is 6. The number of likely N-dealkylation sites (tertiary alicyclic amines) is 1. The van der Waals surface area contributed by atoms with Crippen molar-refractivity contribution in [3.63, 3.8) is 0 Å². The Morgan fingerprint density at radius 1 is 1.13 bits per heavy atom. The smallest absolute Gasteiger partial charge is 0.250 e. The maximum absolute atomic E-state index is 12.2. The molecule has 3 rings (SSSR count). The summed E-state index contributed by atoms with van der Waals surface area (Å²) in [4.78, 5) is 13.6. The Morgan fingerprint density at radius 3 is 2.57 bits per heavy atom. The Balaban J connectivity index is 1.72. The molecule has 1 aromatic heterocycles. The van der Waals surface area contributed by atoms with Crippen LogP contribution in [0.5, 0.6) is 0 Å². The van der Waals surface area contributed by atoms with Gasteiger partial charge in [-0.05, 0) is 29.0 Å². The van der Waals surface area contributed by atoms with E-state index in [9.17, 15) is 13.2 Å². The molecule has 1 aromatic carbocycles. The summed E-state index contributed by atoms with van der Waals surface area (Å²) in [6.07, 6.45) is 1.50. The van der Waals surface area contributed by atoms with E-state index in [0.717, 1.165) is 24.1 Å². The van der Waals surface area contributed by atoms with Gasteiger partial charge in [0.2, 0.25) is 15.9 Å². The lowest BCUT2D eigenvalue weighted by molar-refractivity contribution is -0.128. The predicted molar refractivity (Wildman–Crippen MR) is 89.4 cm³/mol. The number of hydrogen-bond donors (Lipinski definition) is 1. The molecule has 0 unspecified atom stereocenters. The minimum Gasteiger partial charge on any atom is -0.338 e. The second-order valence-corrected chi connectivity index (χ2v) is 8.39. The van der Waals surface area contributed by atoms with Gasteiger partial charge in [0.05, 0.1) is 0 Å². The van der Waals surface area contributed by atoms with Crippen LogP contribution in [0.1, 0.15) is 24.0 Å². The first-order valence-corrected chi connectivity index (χ1v) is 9.80. The van der Waals surface area contributed by atoms with E-state index in [1.54, 1.807) is 17.5 Å². The summed E-state index contributed by atoms with van der Waals surface area (Å²) in [6.45, 7) is 1.53. The van der Waals surface area contributed by atoms with E-state index >= 15 is 0 Å². The minimum absolute atomic E-state index is 0.166. The van der Waals surface area contributed by atoms with E-state index in [-0.39, 0.29) is 12.5 Å². The summed E-state index contributed by atoms with van der Waals surface area (Å²) in [5, 5.41) is 1.74. The number of sulfonamides is 1. The fourth-order valence-electron chi connectivity index (χ4n) is 2.62. The number of carbonyl (C=O) groups excluding carboxylic acids is 1. The number of thiophene rings is 1. The van der Waals surface area contributed by atoms with Crippen LogP contribution in [-0.4, -0.2) is 25.8 Å². The van der Waals surface area contributed by atoms with Crippen molar-refractivity contribution in [2.24, 2.45) is 0 Å². The van der Waals surface area contributed by atoms with Crippen LogP contribution in [0.3, 0.4) is 0 Å². The van der Waals surface area contributed by atoms with Gasteiger partial charge < -0.3 is 4.90 Å². The standard InChI is InChI=1S/C16H18N2O3S2/c19-15-7-3-9-18(15)12-14-6-2-1-5-13(14)11-17-23(20,21)16-8-4-10-22-16/h1-2,4-6,8,10,17H,3,7,9,11-12H2. The molecule has 2 heterocycles. The molecule has 1 aliphatic heterocycles. The van der Waals surface area contributed by atoms with Crippen LogP contribution in [0.2, 0.25) is 0 Å². The van der Waals surface area contributed by atoms with E-state index < -0.39 is 10.0 Å². The molecule has 122 valence electrons. The lowest BCUT2D eigenvalue weighted by Crippen LogP contribution is -2.26. The third kappa shape index (κ3) is 3.80. The molecule has 1 fully saturated rings. The topological polar surface area (TPSA) is 66.5 Å². The van der Waals surface area contributed by atoms with Crippen molar-refractivity contribution in [1.82, 2.24) is 9.62 Å². The van der Waals surface area contributed by atoms with E-state index in [1.165, 1.54) is 11.3 Å². The van der Waals surface area contributed by atoms with Crippen molar-refractivity contribution >= 4 is 27.3 Å². The Kier molecular flexibility index (Phi) is 4.79. The molecule has 0 saturated carbocycles. The van der Waals surface area contributed by atoms with Crippen LogP contribution < -0.4 is 4.72 Å². The van der Waals surface area contributed by atoms with Crippen molar-refractivity contribution in [3.05, 3.63) is 52.9 Å². The SMILES string of the molecule is O=C1CCCN1Cc1ccccc1CNS(=O)(=O)c1cccs1. The van der Waals surface area contributed by atoms with Gasteiger partial charge in [-0.3, -0.25) is 4.79 Å². The van der Waals surface area contributed by atoms with E-state index in [4.69, 9.17) is 0 Å². The molecular weight excluding hydrogens is 332 g/mol. The van der Waals surface area contributed by atoms with Gasteiger partial charge in [-0.25, -0.2) is 13.1 Å². The zero-order valence-corrected chi connectivity index (χ0v) is 14.2. The Labute approximate surface area is 140 Å². The molecule has 1 N–H and O–H groups in total. The highest BCUT2D eigenvalue weighted by Crippen LogP contribution is 2.19. The summed E-state index contributed by atoms with van der Waals surface area (Å²) >= 11 is 1.19. The van der Waals surface area contributed by atoms with Gasteiger partial charge in [0.25, 0.3) is 0 Å². The van der Waals surface area contributed by atoms with Crippen LogP contribution >= 0.6 is 11.3 Å². The van der Waals surface area contributed by atoms with Crippen molar-refractivity contribution in [2.75, 3.05) is 6.54 Å². The van der Waals surface area contributed by atoms with Crippen LogP contribution in [-0.2, 0) is 27.9 Å². The second kappa shape index (κ2) is 6.82. The average Bonchev–Trinajstić information content (AvgIpc) is 3.19. The Morgan fingerprint density at radius 2 is 1.91 bits per heavy atom. The zero-order valence-electron chi connectivity index (χ0n) is 12.6. The highest BCUT2D eigenvalue weighted by Gasteiger charge is 2.21. The highest BCUT2D eigenvalue weighted by atomic mass is 32.2. The molecule has 2 aromatic rings. The van der Waals surface area contributed by atoms with Gasteiger partial charge >= 0.3 is 0 Å². The first kappa shape index (κ1) is 16.2. The van der Waals surface area contributed by atoms with Gasteiger partial charge in [-0.1, -0.05) is 30.3 Å². The molecule has 0 atom stereocenters. The van der Waals surface area contributed by atoms with E-state index in [2.05, 4.69) is 4.72 Å². The maximum atomic E-state index is 12.2. The number of nitrogens with zero attached hydrogens (tertiary/aromatic N) is 1. The maximum Gasteiger partial charge on any atom is 0.250 e. The van der Waals surface area contributed by atoms with Crippen molar-refractivity contribution in [1.29, 1.82) is 0 Å². The predicted octanol–water partition coefficient (Wildman–Crippen LogP) is 2.35. The van der Waals surface area contributed by atoms with Gasteiger partial charge in [0, 0.05) is 26.1 Å². The fourth-order valence-corrected chi connectivity index (χ4v) is 4.67. The number of benzene rings is 1. The molecule has 1 amide bonds. The number of nitrogens with one attached hydrogen (secondary N) is 1. The zero-order chi connectivity index (χ0) is 16.3. The summed E-state index contributed by atoms with van der Waals surface area (Å²) in [6, 6.07) is 10.9. The van der Waals surface area contributed by atoms with Gasteiger partial charge in [0.15, 0.2) is 0 Å². The normalized spacial score (nSPS) is 15.3. The minimum atomic E-state index is -3.48. The Hall–Kier alpha value is -1.70. The quantitative estimate of drug-likeness (QED) is 0.870. The Bertz CT molecular complexity index is 785. The third-order valence-electron chi connectivity index (χ3n) is 3.86. The van der Waals surface area contributed by atoms with Gasteiger partial charge in [-0.15, -0.1) is 11.3 Å². The second-order valence-electron chi connectivity index (χ2n) is 5.44. The highest BCUT2D eigenvalue weighted by molar-refractivity contribution is 7.91. The number of carbonyl (C=O) groups is 1. The summed E-state index contributed by atoms with van der Waals surface area (Å²) in [5.74, 6) is 0.166. The van der Waals surface area contributed by atoms with Crippen LogP contribution in [0.25, 0.3) is 0 Å². The molecule has 5 nitrogen and oxygen atoms in total.